The summed E-state index contributed by atoms with van der Waals surface area (Å²) in [4.78, 5) is 5.78. The first-order chi connectivity index (χ1) is 7.65. The number of nitrogens with one attached hydrogen (secondary N) is 1. The van der Waals surface area contributed by atoms with Crippen LogP contribution in [-0.2, 0) is 4.74 Å². The van der Waals surface area contributed by atoms with E-state index in [1.807, 2.05) is 0 Å². The third-order valence-corrected chi connectivity index (χ3v) is 3.63. The van der Waals surface area contributed by atoms with Gasteiger partial charge in [-0.2, -0.15) is 0 Å². The molecule has 0 fully saturated rings. The summed E-state index contributed by atoms with van der Waals surface area (Å²) in [6.45, 7) is 11.0. The summed E-state index contributed by atoms with van der Waals surface area (Å²) in [5.74, 6) is 0. The third-order valence-electron chi connectivity index (χ3n) is 2.38. The predicted molar refractivity (Wildman–Crippen MR) is 69.1 cm³/mol. The minimum absolute atomic E-state index is 0.372. The summed E-state index contributed by atoms with van der Waals surface area (Å²) in [6.07, 6.45) is 1.09. The third kappa shape index (κ3) is 4.20. The van der Waals surface area contributed by atoms with E-state index >= 15 is 0 Å². The van der Waals surface area contributed by atoms with Gasteiger partial charge in [-0.15, -0.1) is 11.3 Å². The number of ether oxygens (including phenoxy) is 1. The van der Waals surface area contributed by atoms with Crippen LogP contribution in [0.3, 0.4) is 0 Å². The van der Waals surface area contributed by atoms with Crippen LogP contribution in [0.5, 0.6) is 0 Å². The molecule has 1 rings (SSSR count). The minimum atomic E-state index is 0.372. The molecular formula is C12H22N2OS. The van der Waals surface area contributed by atoms with Gasteiger partial charge in [0.25, 0.3) is 0 Å². The van der Waals surface area contributed by atoms with E-state index in [0.717, 1.165) is 36.9 Å². The standard InChI is InChI=1S/C12H22N2OS/c1-5-7-15-8-6-13-9(2)12-10(3)14-11(4)16-12/h9,13H,5-8H2,1-4H3. The van der Waals surface area contributed by atoms with Crippen LogP contribution in [-0.4, -0.2) is 24.7 Å². The van der Waals surface area contributed by atoms with E-state index in [9.17, 15) is 0 Å². The smallest absolute Gasteiger partial charge is 0.0900 e. The first kappa shape index (κ1) is 13.6. The van der Waals surface area contributed by atoms with E-state index in [1.165, 1.54) is 4.88 Å². The monoisotopic (exact) mass is 242 g/mol. The highest BCUT2D eigenvalue weighted by Crippen LogP contribution is 2.23. The van der Waals surface area contributed by atoms with Crippen molar-refractivity contribution in [3.8, 4) is 0 Å². The molecule has 0 aliphatic heterocycles. The average molecular weight is 242 g/mol. The Balaban J connectivity index is 2.29. The molecule has 0 aromatic carbocycles. The van der Waals surface area contributed by atoms with Gasteiger partial charge in [0.2, 0.25) is 0 Å². The normalized spacial score (nSPS) is 13.0. The van der Waals surface area contributed by atoms with Crippen LogP contribution in [0, 0.1) is 13.8 Å². The number of nitrogens with zero attached hydrogens (tertiary/aromatic N) is 1. The largest absolute Gasteiger partial charge is 0.380 e. The van der Waals surface area contributed by atoms with Gasteiger partial charge >= 0.3 is 0 Å². The molecule has 92 valence electrons. The van der Waals surface area contributed by atoms with Gasteiger partial charge in [-0.1, -0.05) is 6.92 Å². The Kier molecular flexibility index (Phi) is 5.95. The maximum Gasteiger partial charge on any atom is 0.0900 e. The van der Waals surface area contributed by atoms with E-state index < -0.39 is 0 Å². The second-order valence-corrected chi connectivity index (χ2v) is 5.21. The summed E-state index contributed by atoms with van der Waals surface area (Å²) in [6, 6.07) is 0.372. The van der Waals surface area contributed by atoms with Crippen molar-refractivity contribution >= 4 is 11.3 Å². The minimum Gasteiger partial charge on any atom is -0.380 e. The maximum absolute atomic E-state index is 5.43. The topological polar surface area (TPSA) is 34.1 Å². The van der Waals surface area contributed by atoms with Gasteiger partial charge in [0, 0.05) is 24.1 Å². The van der Waals surface area contributed by atoms with Crippen LogP contribution in [0.15, 0.2) is 0 Å². The van der Waals surface area contributed by atoms with Crippen molar-refractivity contribution in [3.05, 3.63) is 15.6 Å². The fourth-order valence-corrected chi connectivity index (χ4v) is 2.59. The van der Waals surface area contributed by atoms with Crippen LogP contribution < -0.4 is 5.32 Å². The molecule has 0 bridgehead atoms. The first-order valence-electron chi connectivity index (χ1n) is 5.90. The molecule has 3 nitrogen and oxygen atoms in total. The maximum atomic E-state index is 5.43. The van der Waals surface area contributed by atoms with Crippen LogP contribution >= 0.6 is 11.3 Å². The molecule has 16 heavy (non-hydrogen) atoms. The molecular weight excluding hydrogens is 220 g/mol. The van der Waals surface area contributed by atoms with Crippen molar-refractivity contribution < 1.29 is 4.74 Å². The molecule has 4 heteroatoms. The Morgan fingerprint density at radius 3 is 2.69 bits per heavy atom. The van der Waals surface area contributed by atoms with Crippen molar-refractivity contribution in [2.75, 3.05) is 19.8 Å². The second kappa shape index (κ2) is 6.99. The summed E-state index contributed by atoms with van der Waals surface area (Å²) in [5.41, 5.74) is 1.15. The summed E-state index contributed by atoms with van der Waals surface area (Å²) in [7, 11) is 0. The Bertz CT molecular complexity index is 312. The molecule has 0 radical (unpaired) electrons. The summed E-state index contributed by atoms with van der Waals surface area (Å²) >= 11 is 1.78. The van der Waals surface area contributed by atoms with Crippen LogP contribution in [0.4, 0.5) is 0 Å². The van der Waals surface area contributed by atoms with Gasteiger partial charge in [0.1, 0.15) is 0 Å². The van der Waals surface area contributed by atoms with Crippen molar-refractivity contribution in [2.45, 2.75) is 40.2 Å². The molecule has 1 unspecified atom stereocenters. The van der Waals surface area contributed by atoms with Gasteiger partial charge in [-0.3, -0.25) is 0 Å². The fraction of sp³-hybridized carbons (Fsp3) is 0.750. The number of rotatable bonds is 7. The first-order valence-corrected chi connectivity index (χ1v) is 6.71. The highest BCUT2D eigenvalue weighted by molar-refractivity contribution is 7.11. The summed E-state index contributed by atoms with van der Waals surface area (Å²) < 4.78 is 5.43. The lowest BCUT2D eigenvalue weighted by atomic mass is 10.2. The van der Waals surface area contributed by atoms with Crippen LogP contribution in [0.25, 0.3) is 0 Å². The number of aryl methyl sites for hydroxylation is 2. The van der Waals surface area contributed by atoms with Crippen molar-refractivity contribution in [1.82, 2.24) is 10.3 Å². The SMILES string of the molecule is CCCOCCNC(C)c1sc(C)nc1C. The Hall–Kier alpha value is -0.450. The molecule has 0 saturated carbocycles. The van der Waals surface area contributed by atoms with Gasteiger partial charge in [-0.05, 0) is 27.2 Å². The molecule has 0 spiro atoms. The highest BCUT2D eigenvalue weighted by Gasteiger charge is 2.11. The van der Waals surface area contributed by atoms with Crippen molar-refractivity contribution in [3.63, 3.8) is 0 Å². The second-order valence-electron chi connectivity index (χ2n) is 3.97. The van der Waals surface area contributed by atoms with E-state index in [2.05, 4.69) is 38.0 Å². The lowest BCUT2D eigenvalue weighted by Crippen LogP contribution is -2.23. The molecule has 1 heterocycles. The zero-order valence-corrected chi connectivity index (χ0v) is 11.5. The van der Waals surface area contributed by atoms with Gasteiger partial charge in [-0.25, -0.2) is 4.98 Å². The zero-order chi connectivity index (χ0) is 12.0. The zero-order valence-electron chi connectivity index (χ0n) is 10.7. The molecule has 1 aromatic heterocycles. The van der Waals surface area contributed by atoms with Crippen LogP contribution in [0.1, 0.15) is 41.9 Å². The number of hydrogen-bond acceptors (Lipinski definition) is 4. The van der Waals surface area contributed by atoms with Gasteiger partial charge in [0.15, 0.2) is 0 Å². The van der Waals surface area contributed by atoms with E-state index in [1.54, 1.807) is 11.3 Å². The van der Waals surface area contributed by atoms with Crippen molar-refractivity contribution in [1.29, 1.82) is 0 Å². The summed E-state index contributed by atoms with van der Waals surface area (Å²) in [5, 5.41) is 4.60. The van der Waals surface area contributed by atoms with Crippen LogP contribution in [0.2, 0.25) is 0 Å². The van der Waals surface area contributed by atoms with E-state index in [-0.39, 0.29) is 0 Å². The van der Waals surface area contributed by atoms with Gasteiger partial charge in [0.05, 0.1) is 17.3 Å². The molecule has 0 amide bonds. The molecule has 0 aliphatic rings. The number of thiazole rings is 1. The molecule has 1 aromatic rings. The predicted octanol–water partition coefficient (Wildman–Crippen LogP) is 2.84. The Morgan fingerprint density at radius 2 is 2.12 bits per heavy atom. The Morgan fingerprint density at radius 1 is 1.38 bits per heavy atom. The molecule has 0 aliphatic carbocycles. The average Bonchev–Trinajstić information content (AvgIpc) is 2.57. The number of hydrogen-bond donors (Lipinski definition) is 1. The highest BCUT2D eigenvalue weighted by atomic mass is 32.1. The van der Waals surface area contributed by atoms with E-state index in [0.29, 0.717) is 6.04 Å². The lowest BCUT2D eigenvalue weighted by Gasteiger charge is -2.12. The molecule has 1 atom stereocenters. The Labute approximate surface area is 102 Å². The fourth-order valence-electron chi connectivity index (χ4n) is 1.64. The molecule has 1 N–H and O–H groups in total. The number of aromatic nitrogens is 1. The molecule has 0 saturated heterocycles. The quantitative estimate of drug-likeness (QED) is 0.747. The van der Waals surface area contributed by atoms with Gasteiger partial charge < -0.3 is 10.1 Å². The van der Waals surface area contributed by atoms with E-state index in [4.69, 9.17) is 4.74 Å². The lowest BCUT2D eigenvalue weighted by molar-refractivity contribution is 0.135. The van der Waals surface area contributed by atoms with Crippen molar-refractivity contribution in [2.24, 2.45) is 0 Å².